The first-order valence-electron chi connectivity index (χ1n) is 6.68. The van der Waals surface area contributed by atoms with Gasteiger partial charge in [0.05, 0.1) is 12.2 Å². The summed E-state index contributed by atoms with van der Waals surface area (Å²) >= 11 is 0. The molecule has 0 aliphatic carbocycles. The minimum absolute atomic E-state index is 0.290. The fourth-order valence-electron chi connectivity index (χ4n) is 2.17. The van der Waals surface area contributed by atoms with Crippen molar-refractivity contribution in [2.45, 2.75) is 6.92 Å². The molecule has 0 aliphatic heterocycles. The fourth-order valence-corrected chi connectivity index (χ4v) is 2.17. The van der Waals surface area contributed by atoms with Gasteiger partial charge in [-0.15, -0.1) is 0 Å². The van der Waals surface area contributed by atoms with E-state index in [2.05, 4.69) is 10.1 Å². The zero-order chi connectivity index (χ0) is 14.7. The summed E-state index contributed by atoms with van der Waals surface area (Å²) in [5.74, 6) is 1.11. The molecule has 0 bridgehead atoms. The molecule has 0 amide bonds. The predicted octanol–water partition coefficient (Wildman–Crippen LogP) is 3.38. The predicted molar refractivity (Wildman–Crippen MR) is 80.8 cm³/mol. The standard InChI is InChI=1S/C16H15N3O2/c1-2-20-13-7-5-11(6-8-13)14-15(19-21-16(14)17)12-4-3-9-18-10-12/h3-10H,2,17H2,1H3. The van der Waals surface area contributed by atoms with E-state index in [9.17, 15) is 0 Å². The zero-order valence-electron chi connectivity index (χ0n) is 11.6. The van der Waals surface area contributed by atoms with Gasteiger partial charge in [0.2, 0.25) is 5.88 Å². The number of anilines is 1. The third-order valence-electron chi connectivity index (χ3n) is 3.11. The van der Waals surface area contributed by atoms with Gasteiger partial charge < -0.3 is 15.0 Å². The maximum atomic E-state index is 5.93. The molecular weight excluding hydrogens is 266 g/mol. The lowest BCUT2D eigenvalue weighted by molar-refractivity contribution is 0.340. The first kappa shape index (κ1) is 13.2. The minimum Gasteiger partial charge on any atom is -0.494 e. The number of pyridine rings is 1. The van der Waals surface area contributed by atoms with E-state index in [1.54, 1.807) is 12.4 Å². The van der Waals surface area contributed by atoms with Crippen LogP contribution >= 0.6 is 0 Å². The Bertz CT molecular complexity index is 721. The summed E-state index contributed by atoms with van der Waals surface area (Å²) in [5, 5.41) is 4.05. The largest absolute Gasteiger partial charge is 0.494 e. The van der Waals surface area contributed by atoms with Crippen LogP contribution in [0, 0.1) is 0 Å². The Kier molecular flexibility index (Phi) is 3.55. The van der Waals surface area contributed by atoms with Gasteiger partial charge in [0.25, 0.3) is 0 Å². The summed E-state index contributed by atoms with van der Waals surface area (Å²) in [4.78, 5) is 4.10. The molecule has 2 heterocycles. The lowest BCUT2D eigenvalue weighted by atomic mass is 10.0. The lowest BCUT2D eigenvalue weighted by Gasteiger charge is -2.05. The summed E-state index contributed by atoms with van der Waals surface area (Å²) < 4.78 is 10.6. The molecule has 1 aromatic carbocycles. The average molecular weight is 281 g/mol. The van der Waals surface area contributed by atoms with E-state index in [4.69, 9.17) is 15.0 Å². The van der Waals surface area contributed by atoms with Crippen molar-refractivity contribution in [3.8, 4) is 28.1 Å². The zero-order valence-corrected chi connectivity index (χ0v) is 11.6. The molecule has 0 spiro atoms. The fraction of sp³-hybridized carbons (Fsp3) is 0.125. The molecule has 3 aromatic rings. The Balaban J connectivity index is 2.04. The molecule has 5 heteroatoms. The average Bonchev–Trinajstić information content (AvgIpc) is 2.91. The topological polar surface area (TPSA) is 74.2 Å². The van der Waals surface area contributed by atoms with Crippen LogP contribution < -0.4 is 10.5 Å². The first-order valence-corrected chi connectivity index (χ1v) is 6.68. The number of ether oxygens (including phenoxy) is 1. The molecule has 0 atom stereocenters. The number of rotatable bonds is 4. The van der Waals surface area contributed by atoms with Crippen LogP contribution in [0.15, 0.2) is 53.3 Å². The Morgan fingerprint density at radius 3 is 2.62 bits per heavy atom. The van der Waals surface area contributed by atoms with Gasteiger partial charge in [-0.3, -0.25) is 4.98 Å². The summed E-state index contributed by atoms with van der Waals surface area (Å²) in [7, 11) is 0. The van der Waals surface area contributed by atoms with Gasteiger partial charge in [-0.2, -0.15) is 0 Å². The van der Waals surface area contributed by atoms with Crippen molar-refractivity contribution >= 4 is 5.88 Å². The molecule has 0 saturated carbocycles. The van der Waals surface area contributed by atoms with Crippen molar-refractivity contribution in [1.82, 2.24) is 10.1 Å². The number of aromatic nitrogens is 2. The van der Waals surface area contributed by atoms with Gasteiger partial charge in [-0.25, -0.2) is 0 Å². The SMILES string of the molecule is CCOc1ccc(-c2c(-c3cccnc3)noc2N)cc1. The van der Waals surface area contributed by atoms with Crippen LogP contribution in [0.3, 0.4) is 0 Å². The third kappa shape index (κ3) is 2.58. The van der Waals surface area contributed by atoms with Crippen LogP contribution in [-0.4, -0.2) is 16.7 Å². The number of nitrogens with zero attached hydrogens (tertiary/aromatic N) is 2. The lowest BCUT2D eigenvalue weighted by Crippen LogP contribution is -1.92. The van der Waals surface area contributed by atoms with Gasteiger partial charge in [0, 0.05) is 18.0 Å². The van der Waals surface area contributed by atoms with Crippen molar-refractivity contribution < 1.29 is 9.26 Å². The molecule has 0 radical (unpaired) electrons. The highest BCUT2D eigenvalue weighted by Crippen LogP contribution is 2.36. The van der Waals surface area contributed by atoms with Crippen LogP contribution in [0.5, 0.6) is 5.75 Å². The maximum absolute atomic E-state index is 5.93. The highest BCUT2D eigenvalue weighted by atomic mass is 16.5. The molecule has 0 aliphatic rings. The first-order chi connectivity index (χ1) is 10.3. The number of benzene rings is 1. The Morgan fingerprint density at radius 2 is 1.95 bits per heavy atom. The molecule has 5 nitrogen and oxygen atoms in total. The molecule has 0 saturated heterocycles. The van der Waals surface area contributed by atoms with E-state index in [-0.39, 0.29) is 5.88 Å². The van der Waals surface area contributed by atoms with E-state index in [0.29, 0.717) is 12.3 Å². The third-order valence-corrected chi connectivity index (χ3v) is 3.11. The highest BCUT2D eigenvalue weighted by molar-refractivity contribution is 5.86. The van der Waals surface area contributed by atoms with Crippen LogP contribution in [-0.2, 0) is 0 Å². The molecule has 21 heavy (non-hydrogen) atoms. The van der Waals surface area contributed by atoms with E-state index in [0.717, 1.165) is 22.4 Å². The normalized spacial score (nSPS) is 10.5. The highest BCUT2D eigenvalue weighted by Gasteiger charge is 2.17. The number of hydrogen-bond donors (Lipinski definition) is 1. The van der Waals surface area contributed by atoms with E-state index in [1.807, 2.05) is 43.3 Å². The molecule has 0 fully saturated rings. The van der Waals surface area contributed by atoms with Crippen LogP contribution in [0.25, 0.3) is 22.4 Å². The summed E-state index contributed by atoms with van der Waals surface area (Å²) in [6.45, 7) is 2.59. The second-order valence-corrected chi connectivity index (χ2v) is 4.47. The van der Waals surface area contributed by atoms with Crippen molar-refractivity contribution in [3.63, 3.8) is 0 Å². The maximum Gasteiger partial charge on any atom is 0.230 e. The summed E-state index contributed by atoms with van der Waals surface area (Å²) in [6.07, 6.45) is 3.44. The van der Waals surface area contributed by atoms with Gasteiger partial charge in [-0.1, -0.05) is 17.3 Å². The van der Waals surface area contributed by atoms with Crippen LogP contribution in [0.4, 0.5) is 5.88 Å². The Hall–Kier alpha value is -2.82. The van der Waals surface area contributed by atoms with Crippen molar-refractivity contribution in [2.24, 2.45) is 0 Å². The second kappa shape index (κ2) is 5.66. The summed E-state index contributed by atoms with van der Waals surface area (Å²) in [5.41, 5.74) is 9.17. The number of hydrogen-bond acceptors (Lipinski definition) is 5. The van der Waals surface area contributed by atoms with Crippen LogP contribution in [0.1, 0.15) is 6.92 Å². The molecule has 2 N–H and O–H groups in total. The van der Waals surface area contributed by atoms with Gasteiger partial charge >= 0.3 is 0 Å². The smallest absolute Gasteiger partial charge is 0.230 e. The molecule has 0 unspecified atom stereocenters. The van der Waals surface area contributed by atoms with Gasteiger partial charge in [0.15, 0.2) is 0 Å². The Labute approximate surface area is 122 Å². The van der Waals surface area contributed by atoms with Gasteiger partial charge in [-0.05, 0) is 36.8 Å². The molecule has 2 aromatic heterocycles. The molecular formula is C16H15N3O2. The summed E-state index contributed by atoms with van der Waals surface area (Å²) in [6, 6.07) is 11.4. The Morgan fingerprint density at radius 1 is 1.14 bits per heavy atom. The van der Waals surface area contributed by atoms with Gasteiger partial charge in [0.1, 0.15) is 11.4 Å². The van der Waals surface area contributed by atoms with Crippen molar-refractivity contribution in [1.29, 1.82) is 0 Å². The molecule has 106 valence electrons. The number of nitrogens with two attached hydrogens (primary N) is 1. The van der Waals surface area contributed by atoms with E-state index < -0.39 is 0 Å². The van der Waals surface area contributed by atoms with E-state index >= 15 is 0 Å². The number of nitrogen functional groups attached to an aromatic ring is 1. The monoisotopic (exact) mass is 281 g/mol. The quantitative estimate of drug-likeness (QED) is 0.793. The van der Waals surface area contributed by atoms with E-state index in [1.165, 1.54) is 0 Å². The minimum atomic E-state index is 0.290. The van der Waals surface area contributed by atoms with Crippen molar-refractivity contribution in [3.05, 3.63) is 48.8 Å². The molecule has 3 rings (SSSR count). The van der Waals surface area contributed by atoms with Crippen molar-refractivity contribution in [2.75, 3.05) is 12.3 Å². The van der Waals surface area contributed by atoms with Crippen LogP contribution in [0.2, 0.25) is 0 Å². The second-order valence-electron chi connectivity index (χ2n) is 4.47.